The molecule has 4 rings (SSSR count). The van der Waals surface area contributed by atoms with Crippen molar-refractivity contribution in [2.24, 2.45) is 0 Å². The van der Waals surface area contributed by atoms with Gasteiger partial charge in [-0.1, -0.05) is 23.7 Å². The smallest absolute Gasteiger partial charge is 0.258 e. The van der Waals surface area contributed by atoms with Gasteiger partial charge in [-0.15, -0.1) is 0 Å². The molecule has 0 N–H and O–H groups in total. The molecule has 2 saturated heterocycles. The third kappa shape index (κ3) is 3.94. The van der Waals surface area contributed by atoms with Gasteiger partial charge in [-0.05, 0) is 63.4 Å². The summed E-state index contributed by atoms with van der Waals surface area (Å²) in [6, 6.07) is 6.83. The fourth-order valence-electron chi connectivity index (χ4n) is 4.36. The minimum atomic E-state index is -0.278. The number of rotatable bonds is 4. The molecular formula is C21H26ClFN4O. The maximum atomic E-state index is 13.1. The van der Waals surface area contributed by atoms with E-state index in [1.807, 2.05) is 11.8 Å². The summed E-state index contributed by atoms with van der Waals surface area (Å²) in [7, 11) is 0. The monoisotopic (exact) mass is 404 g/mol. The van der Waals surface area contributed by atoms with E-state index in [4.69, 9.17) is 11.6 Å². The largest absolute Gasteiger partial charge is 0.338 e. The second-order valence-corrected chi connectivity index (χ2v) is 8.16. The van der Waals surface area contributed by atoms with E-state index < -0.39 is 0 Å². The molecule has 150 valence electrons. The number of hydrogen-bond donors (Lipinski definition) is 0. The molecule has 0 bridgehead atoms. The van der Waals surface area contributed by atoms with E-state index in [-0.39, 0.29) is 11.7 Å². The van der Waals surface area contributed by atoms with Crippen LogP contribution in [0, 0.1) is 12.7 Å². The van der Waals surface area contributed by atoms with Crippen LogP contribution in [0.2, 0.25) is 5.15 Å². The third-order valence-corrected chi connectivity index (χ3v) is 6.32. The van der Waals surface area contributed by atoms with Crippen molar-refractivity contribution in [1.29, 1.82) is 0 Å². The van der Waals surface area contributed by atoms with Gasteiger partial charge in [0.1, 0.15) is 11.0 Å². The Kier molecular flexibility index (Phi) is 5.69. The molecule has 28 heavy (non-hydrogen) atoms. The van der Waals surface area contributed by atoms with E-state index in [0.717, 1.165) is 31.5 Å². The zero-order chi connectivity index (χ0) is 19.7. The summed E-state index contributed by atoms with van der Waals surface area (Å²) in [6.07, 6.45) is 4.63. The zero-order valence-electron chi connectivity index (χ0n) is 16.2. The fourth-order valence-corrected chi connectivity index (χ4v) is 4.68. The van der Waals surface area contributed by atoms with Gasteiger partial charge < -0.3 is 9.80 Å². The number of benzene rings is 1. The topological polar surface area (TPSA) is 41.4 Å². The van der Waals surface area contributed by atoms with Crippen LogP contribution in [0.25, 0.3) is 0 Å². The molecule has 0 radical (unpaired) electrons. The molecule has 2 aliphatic heterocycles. The number of aromatic nitrogens is 2. The van der Waals surface area contributed by atoms with Gasteiger partial charge in [0.15, 0.2) is 0 Å². The van der Waals surface area contributed by atoms with Crippen LogP contribution in [0.3, 0.4) is 0 Å². The molecular weight excluding hydrogens is 379 g/mol. The van der Waals surface area contributed by atoms with Gasteiger partial charge in [0.2, 0.25) is 0 Å². The van der Waals surface area contributed by atoms with Crippen molar-refractivity contribution in [2.45, 2.75) is 45.2 Å². The summed E-state index contributed by atoms with van der Waals surface area (Å²) in [5.41, 5.74) is 2.01. The fraction of sp³-hybridized carbons (Fsp3) is 0.524. The highest BCUT2D eigenvalue weighted by Gasteiger charge is 2.31. The molecule has 0 aliphatic carbocycles. The molecule has 0 atom stereocenters. The van der Waals surface area contributed by atoms with Gasteiger partial charge >= 0.3 is 0 Å². The average Bonchev–Trinajstić information content (AvgIpc) is 3.32. The number of nitrogens with zero attached hydrogens (tertiary/aromatic N) is 4. The van der Waals surface area contributed by atoms with Crippen LogP contribution in [0.15, 0.2) is 24.3 Å². The first kappa shape index (κ1) is 19.4. The van der Waals surface area contributed by atoms with Crippen molar-refractivity contribution < 1.29 is 9.18 Å². The Morgan fingerprint density at radius 1 is 1.14 bits per heavy atom. The summed E-state index contributed by atoms with van der Waals surface area (Å²) in [5.74, 6) is -0.313. The molecule has 1 amide bonds. The van der Waals surface area contributed by atoms with E-state index in [9.17, 15) is 9.18 Å². The molecule has 2 aromatic rings. The van der Waals surface area contributed by atoms with Crippen molar-refractivity contribution >= 4 is 17.5 Å². The van der Waals surface area contributed by atoms with E-state index in [0.29, 0.717) is 29.0 Å². The number of aryl methyl sites for hydroxylation is 1. The summed E-state index contributed by atoms with van der Waals surface area (Å²) in [6.45, 7) is 6.14. The first-order valence-electron chi connectivity index (χ1n) is 10.0. The lowest BCUT2D eigenvalue weighted by Gasteiger charge is -2.36. The predicted octanol–water partition coefficient (Wildman–Crippen LogP) is 3.73. The maximum absolute atomic E-state index is 13.1. The number of amides is 1. The number of carbonyl (C=O) groups is 1. The number of carbonyl (C=O) groups excluding carboxylic acids is 1. The SMILES string of the molecule is Cc1nn(Cc2ccc(F)cc2)c(Cl)c1C(=O)N1CCC(N2CCCC2)CC1. The lowest BCUT2D eigenvalue weighted by atomic mass is 10.0. The lowest BCUT2D eigenvalue weighted by molar-refractivity contribution is 0.0644. The van der Waals surface area contributed by atoms with Gasteiger partial charge in [-0.3, -0.25) is 4.79 Å². The normalized spacial score (nSPS) is 18.8. The van der Waals surface area contributed by atoms with Crippen LogP contribution >= 0.6 is 11.6 Å². The Hall–Kier alpha value is -1.92. The Morgan fingerprint density at radius 2 is 1.79 bits per heavy atom. The Labute approximate surface area is 170 Å². The summed E-state index contributed by atoms with van der Waals surface area (Å²) in [4.78, 5) is 17.6. The first-order chi connectivity index (χ1) is 13.5. The third-order valence-electron chi connectivity index (χ3n) is 5.93. The molecule has 3 heterocycles. The zero-order valence-corrected chi connectivity index (χ0v) is 17.0. The van der Waals surface area contributed by atoms with E-state index in [1.165, 1.54) is 38.1 Å². The maximum Gasteiger partial charge on any atom is 0.258 e. The molecule has 2 aliphatic rings. The van der Waals surface area contributed by atoms with Crippen LogP contribution in [-0.2, 0) is 6.54 Å². The van der Waals surface area contributed by atoms with Gasteiger partial charge in [-0.25, -0.2) is 9.07 Å². The second kappa shape index (κ2) is 8.21. The Bertz CT molecular complexity index is 837. The van der Waals surface area contributed by atoms with Crippen molar-refractivity contribution in [3.8, 4) is 0 Å². The standard InChI is InChI=1S/C21H26ClFN4O/c1-15-19(20(22)27(24-15)14-16-4-6-17(23)7-5-16)21(28)26-12-8-18(9-13-26)25-10-2-3-11-25/h4-7,18H,2-3,8-14H2,1H3. The van der Waals surface area contributed by atoms with Gasteiger partial charge in [-0.2, -0.15) is 5.10 Å². The summed E-state index contributed by atoms with van der Waals surface area (Å²) < 4.78 is 14.7. The van der Waals surface area contributed by atoms with Crippen molar-refractivity contribution in [3.05, 3.63) is 52.1 Å². The Balaban J connectivity index is 1.44. The number of hydrogen-bond acceptors (Lipinski definition) is 3. The van der Waals surface area contributed by atoms with Crippen molar-refractivity contribution in [1.82, 2.24) is 19.6 Å². The van der Waals surface area contributed by atoms with Gasteiger partial charge in [0.05, 0.1) is 17.8 Å². The van der Waals surface area contributed by atoms with E-state index in [2.05, 4.69) is 10.00 Å². The first-order valence-corrected chi connectivity index (χ1v) is 10.4. The molecule has 0 spiro atoms. The number of halogens is 2. The summed E-state index contributed by atoms with van der Waals surface area (Å²) >= 11 is 6.53. The molecule has 5 nitrogen and oxygen atoms in total. The highest BCUT2D eigenvalue weighted by Crippen LogP contribution is 2.26. The molecule has 1 aromatic heterocycles. The highest BCUT2D eigenvalue weighted by molar-refractivity contribution is 6.33. The second-order valence-electron chi connectivity index (χ2n) is 7.80. The van der Waals surface area contributed by atoms with Crippen molar-refractivity contribution in [3.63, 3.8) is 0 Å². The van der Waals surface area contributed by atoms with Crippen LogP contribution in [0.5, 0.6) is 0 Å². The van der Waals surface area contributed by atoms with E-state index in [1.54, 1.807) is 16.8 Å². The molecule has 0 saturated carbocycles. The lowest BCUT2D eigenvalue weighted by Crippen LogP contribution is -2.46. The quantitative estimate of drug-likeness (QED) is 0.779. The van der Waals surface area contributed by atoms with Crippen LogP contribution in [0.1, 0.15) is 47.3 Å². The van der Waals surface area contributed by atoms with Gasteiger partial charge in [0, 0.05) is 19.1 Å². The molecule has 2 fully saturated rings. The highest BCUT2D eigenvalue weighted by atomic mass is 35.5. The van der Waals surface area contributed by atoms with Crippen LogP contribution in [-0.4, -0.2) is 57.7 Å². The minimum Gasteiger partial charge on any atom is -0.338 e. The van der Waals surface area contributed by atoms with Crippen LogP contribution < -0.4 is 0 Å². The van der Waals surface area contributed by atoms with Crippen LogP contribution in [0.4, 0.5) is 4.39 Å². The minimum absolute atomic E-state index is 0.0345. The summed E-state index contributed by atoms with van der Waals surface area (Å²) in [5, 5.41) is 4.81. The number of likely N-dealkylation sites (tertiary alicyclic amines) is 2. The van der Waals surface area contributed by atoms with E-state index >= 15 is 0 Å². The molecule has 0 unspecified atom stereocenters. The molecule has 7 heteroatoms. The van der Waals surface area contributed by atoms with Crippen molar-refractivity contribution in [2.75, 3.05) is 26.2 Å². The predicted molar refractivity (Wildman–Crippen MR) is 107 cm³/mol. The number of piperidine rings is 1. The molecule has 1 aromatic carbocycles. The van der Waals surface area contributed by atoms with Gasteiger partial charge in [0.25, 0.3) is 5.91 Å². The Morgan fingerprint density at radius 3 is 2.43 bits per heavy atom. The average molecular weight is 405 g/mol.